The molecule has 2 aromatic carbocycles. The van der Waals surface area contributed by atoms with Crippen LogP contribution in [-0.4, -0.2) is 18.4 Å². The third kappa shape index (κ3) is 3.31. The van der Waals surface area contributed by atoms with E-state index in [9.17, 15) is 9.59 Å². The van der Waals surface area contributed by atoms with Crippen LogP contribution in [0.5, 0.6) is 0 Å². The Bertz CT molecular complexity index is 915. The number of hydrogen-bond donors (Lipinski definition) is 2. The molecule has 0 fully saturated rings. The van der Waals surface area contributed by atoms with Crippen molar-refractivity contribution in [3.05, 3.63) is 64.5 Å². The summed E-state index contributed by atoms with van der Waals surface area (Å²) in [4.78, 5) is 24.4. The van der Waals surface area contributed by atoms with Crippen molar-refractivity contribution in [3.63, 3.8) is 0 Å². The van der Waals surface area contributed by atoms with Crippen LogP contribution in [0.25, 0.3) is 10.1 Å². The molecule has 0 spiro atoms. The van der Waals surface area contributed by atoms with Gasteiger partial charge in [-0.1, -0.05) is 30.3 Å². The van der Waals surface area contributed by atoms with E-state index < -0.39 is 0 Å². The number of rotatable bonds is 4. The molecule has 0 bridgehead atoms. The van der Waals surface area contributed by atoms with Crippen LogP contribution in [-0.2, 0) is 4.79 Å². The number of hydrogen-bond acceptors (Lipinski definition) is 3. The second-order valence-corrected chi connectivity index (χ2v) is 6.54. The van der Waals surface area contributed by atoms with Crippen molar-refractivity contribution >= 4 is 38.9 Å². The van der Waals surface area contributed by atoms with Crippen molar-refractivity contribution in [2.45, 2.75) is 13.8 Å². The highest BCUT2D eigenvalue weighted by Crippen LogP contribution is 2.25. The third-order valence-electron chi connectivity index (χ3n) is 4.01. The Morgan fingerprint density at radius 2 is 1.83 bits per heavy atom. The normalized spacial score (nSPS) is 10.6. The van der Waals surface area contributed by atoms with Gasteiger partial charge in [-0.15, -0.1) is 11.3 Å². The summed E-state index contributed by atoms with van der Waals surface area (Å²) < 4.78 is 1.06. The lowest BCUT2D eigenvalue weighted by Crippen LogP contribution is -2.32. The van der Waals surface area contributed by atoms with Gasteiger partial charge in [0.15, 0.2) is 0 Å². The molecule has 5 heteroatoms. The Morgan fingerprint density at radius 3 is 2.67 bits per heavy atom. The minimum absolute atomic E-state index is 0.0591. The van der Waals surface area contributed by atoms with Gasteiger partial charge in [0.2, 0.25) is 5.91 Å². The fourth-order valence-corrected chi connectivity index (χ4v) is 3.43. The Hall–Kier alpha value is -2.66. The van der Waals surface area contributed by atoms with Crippen molar-refractivity contribution in [2.75, 3.05) is 11.9 Å². The van der Waals surface area contributed by atoms with Crippen molar-refractivity contribution in [1.82, 2.24) is 5.32 Å². The van der Waals surface area contributed by atoms with Gasteiger partial charge in [0.05, 0.1) is 12.1 Å². The molecule has 1 aromatic heterocycles. The Labute approximate surface area is 144 Å². The molecule has 0 saturated carbocycles. The molecule has 0 atom stereocenters. The lowest BCUT2D eigenvalue weighted by molar-refractivity contribution is -0.115. The fourth-order valence-electron chi connectivity index (χ4n) is 2.49. The smallest absolute Gasteiger partial charge is 0.253 e. The van der Waals surface area contributed by atoms with E-state index in [0.717, 1.165) is 26.9 Å². The topological polar surface area (TPSA) is 58.2 Å². The summed E-state index contributed by atoms with van der Waals surface area (Å²) in [5, 5.41) is 8.26. The van der Waals surface area contributed by atoms with E-state index in [1.54, 1.807) is 0 Å². The summed E-state index contributed by atoms with van der Waals surface area (Å²) in [7, 11) is 0. The Balaban J connectivity index is 1.64. The van der Waals surface area contributed by atoms with Crippen LogP contribution in [0.15, 0.2) is 47.8 Å². The number of amides is 2. The molecule has 0 aliphatic rings. The van der Waals surface area contributed by atoms with Crippen LogP contribution in [0.4, 0.5) is 5.69 Å². The van der Waals surface area contributed by atoms with Gasteiger partial charge in [0, 0.05) is 21.2 Å². The van der Waals surface area contributed by atoms with Gasteiger partial charge in [-0.3, -0.25) is 9.59 Å². The summed E-state index contributed by atoms with van der Waals surface area (Å²) >= 11 is 1.52. The molecule has 2 amide bonds. The lowest BCUT2D eigenvalue weighted by atomic mass is 10.1. The highest BCUT2D eigenvalue weighted by atomic mass is 32.1. The zero-order valence-corrected chi connectivity index (χ0v) is 14.4. The first-order valence-corrected chi connectivity index (χ1v) is 8.54. The maximum absolute atomic E-state index is 12.3. The number of thiophene rings is 1. The quantitative estimate of drug-likeness (QED) is 0.758. The minimum atomic E-state index is -0.239. The minimum Gasteiger partial charge on any atom is -0.343 e. The Morgan fingerprint density at radius 1 is 1.04 bits per heavy atom. The summed E-state index contributed by atoms with van der Waals surface area (Å²) in [6.07, 6.45) is 0. The van der Waals surface area contributed by atoms with Crippen LogP contribution >= 0.6 is 11.3 Å². The first kappa shape index (κ1) is 16.2. The second-order valence-electron chi connectivity index (χ2n) is 5.62. The van der Waals surface area contributed by atoms with E-state index in [0.29, 0.717) is 5.56 Å². The van der Waals surface area contributed by atoms with Crippen molar-refractivity contribution in [3.8, 4) is 0 Å². The summed E-state index contributed by atoms with van der Waals surface area (Å²) in [6.45, 7) is 3.89. The van der Waals surface area contributed by atoms with E-state index >= 15 is 0 Å². The van der Waals surface area contributed by atoms with Crippen LogP contribution in [0.3, 0.4) is 0 Å². The first-order valence-electron chi connectivity index (χ1n) is 7.67. The molecule has 3 aromatic rings. The Kier molecular flexibility index (Phi) is 4.62. The molecule has 24 heavy (non-hydrogen) atoms. The van der Waals surface area contributed by atoms with E-state index in [4.69, 9.17) is 0 Å². The zero-order chi connectivity index (χ0) is 17.1. The van der Waals surface area contributed by atoms with Gasteiger partial charge >= 0.3 is 0 Å². The molecule has 4 nitrogen and oxygen atoms in total. The van der Waals surface area contributed by atoms with Gasteiger partial charge in [-0.2, -0.15) is 0 Å². The lowest BCUT2D eigenvalue weighted by Gasteiger charge is -2.10. The van der Waals surface area contributed by atoms with Crippen LogP contribution in [0, 0.1) is 13.8 Å². The third-order valence-corrected chi connectivity index (χ3v) is 4.98. The van der Waals surface area contributed by atoms with Gasteiger partial charge in [-0.25, -0.2) is 0 Å². The largest absolute Gasteiger partial charge is 0.343 e. The molecule has 0 saturated heterocycles. The number of benzene rings is 2. The average Bonchev–Trinajstić information content (AvgIpc) is 3.01. The summed E-state index contributed by atoms with van der Waals surface area (Å²) in [5.74, 6) is -0.472. The number of fused-ring (bicyclic) bond motifs is 1. The molecular weight excluding hydrogens is 320 g/mol. The number of nitrogens with one attached hydrogen (secondary N) is 2. The number of aryl methyl sites for hydroxylation is 1. The summed E-state index contributed by atoms with van der Waals surface area (Å²) in [6, 6.07) is 13.5. The SMILES string of the molecule is Cc1cccc(NC(=O)CNC(=O)c2csc3ccccc23)c1C. The maximum atomic E-state index is 12.3. The van der Waals surface area contributed by atoms with Crippen LogP contribution in [0.2, 0.25) is 0 Å². The van der Waals surface area contributed by atoms with E-state index in [1.807, 2.05) is 61.7 Å². The van der Waals surface area contributed by atoms with Crippen molar-refractivity contribution in [1.29, 1.82) is 0 Å². The van der Waals surface area contributed by atoms with E-state index in [2.05, 4.69) is 10.6 Å². The molecular formula is C19H18N2O2S. The predicted molar refractivity (Wildman–Crippen MR) is 98.7 cm³/mol. The van der Waals surface area contributed by atoms with Gasteiger partial charge in [0.25, 0.3) is 5.91 Å². The van der Waals surface area contributed by atoms with Gasteiger partial charge in [-0.05, 0) is 37.1 Å². The molecule has 3 rings (SSSR count). The zero-order valence-electron chi connectivity index (χ0n) is 13.6. The first-order chi connectivity index (χ1) is 11.6. The average molecular weight is 338 g/mol. The number of carbonyl (C=O) groups excluding carboxylic acids is 2. The molecule has 0 radical (unpaired) electrons. The van der Waals surface area contributed by atoms with Crippen LogP contribution < -0.4 is 10.6 Å². The van der Waals surface area contributed by atoms with E-state index in [-0.39, 0.29) is 18.4 Å². The molecule has 1 heterocycles. The second kappa shape index (κ2) is 6.84. The monoisotopic (exact) mass is 338 g/mol. The van der Waals surface area contributed by atoms with Crippen molar-refractivity contribution < 1.29 is 9.59 Å². The number of anilines is 1. The standard InChI is InChI=1S/C19H18N2O2S/c1-12-6-5-8-16(13(12)2)21-18(22)10-20-19(23)15-11-24-17-9-4-3-7-14(15)17/h3-9,11H,10H2,1-2H3,(H,20,23)(H,21,22). The van der Waals surface area contributed by atoms with Gasteiger partial charge in [0.1, 0.15) is 0 Å². The fraction of sp³-hybridized carbons (Fsp3) is 0.158. The molecule has 2 N–H and O–H groups in total. The summed E-state index contributed by atoms with van der Waals surface area (Å²) in [5.41, 5.74) is 3.52. The number of carbonyl (C=O) groups is 2. The van der Waals surface area contributed by atoms with E-state index in [1.165, 1.54) is 11.3 Å². The highest BCUT2D eigenvalue weighted by Gasteiger charge is 2.13. The van der Waals surface area contributed by atoms with Gasteiger partial charge < -0.3 is 10.6 Å². The molecule has 0 aliphatic heterocycles. The maximum Gasteiger partial charge on any atom is 0.253 e. The molecule has 0 aliphatic carbocycles. The molecule has 0 unspecified atom stereocenters. The molecule has 122 valence electrons. The van der Waals surface area contributed by atoms with Crippen LogP contribution in [0.1, 0.15) is 21.5 Å². The highest BCUT2D eigenvalue weighted by molar-refractivity contribution is 7.17. The predicted octanol–water partition coefficient (Wildman–Crippen LogP) is 3.89. The van der Waals surface area contributed by atoms with Crippen molar-refractivity contribution in [2.24, 2.45) is 0 Å².